The molecular weight excluding hydrogens is 658 g/mol. The maximum Gasteiger partial charge on any atom is 1.00 e. The zero-order valence-electron chi connectivity index (χ0n) is 18.9. The molecule has 0 saturated heterocycles. The second kappa shape index (κ2) is 29.0. The van der Waals surface area contributed by atoms with Gasteiger partial charge in [0.25, 0.3) is 12.9 Å². The molecule has 0 saturated carbocycles. The Balaban J connectivity index is -0.0000000811. The Morgan fingerprint density at radius 2 is 1.33 bits per heavy atom. The fraction of sp³-hybridized carbons (Fsp3) is 0.118. The van der Waals surface area contributed by atoms with E-state index in [0.717, 1.165) is 6.07 Å². The molecule has 0 atom stereocenters. The van der Waals surface area contributed by atoms with Gasteiger partial charge in [-0.3, -0.25) is 9.59 Å². The number of rotatable bonds is 3. The SMILES string of the molecule is CI.Cc1c(N)ccc(F)c1Cl.Nc1ccc(F)c(Cl)c1OC=O.O=C=O.O=CO[O-].[H-].[K+].[K+]. The van der Waals surface area contributed by atoms with Crippen LogP contribution in [0.15, 0.2) is 24.3 Å². The first-order chi connectivity index (χ1) is 14.6. The number of ether oxygens (including phenoxy) is 1. The summed E-state index contributed by atoms with van der Waals surface area (Å²) in [6, 6.07) is 5.11. The fourth-order valence-corrected chi connectivity index (χ4v) is 1.77. The third kappa shape index (κ3) is 20.6. The van der Waals surface area contributed by atoms with E-state index in [1.807, 2.05) is 4.93 Å². The number of anilines is 2. The summed E-state index contributed by atoms with van der Waals surface area (Å²) in [5, 5.41) is 8.25. The molecule has 0 spiro atoms. The van der Waals surface area contributed by atoms with Gasteiger partial charge in [-0.25, -0.2) is 8.78 Å². The molecular formula is C17H17Cl2F2IK2N2O7. The molecule has 0 amide bonds. The van der Waals surface area contributed by atoms with Gasteiger partial charge in [0.2, 0.25) is 0 Å². The average molecular weight is 675 g/mol. The van der Waals surface area contributed by atoms with Crippen molar-refractivity contribution < 1.29 is 147 Å². The predicted molar refractivity (Wildman–Crippen MR) is 116 cm³/mol. The molecule has 0 aliphatic rings. The summed E-state index contributed by atoms with van der Waals surface area (Å²) < 4.78 is 29.6. The molecule has 9 nitrogen and oxygen atoms in total. The monoisotopic (exact) mass is 674 g/mol. The number of hydrogen-bond donors (Lipinski definition) is 2. The van der Waals surface area contributed by atoms with Gasteiger partial charge in [-0.15, -0.1) is 0 Å². The van der Waals surface area contributed by atoms with Crippen LogP contribution in [0.2, 0.25) is 10.0 Å². The molecule has 2 rings (SSSR count). The van der Waals surface area contributed by atoms with Crippen LogP contribution in [-0.2, 0) is 24.1 Å². The summed E-state index contributed by atoms with van der Waals surface area (Å²) in [6.07, 6.45) is 0.250. The Kier molecular flexibility index (Phi) is 38.5. The van der Waals surface area contributed by atoms with Gasteiger partial charge in [0, 0.05) is 5.69 Å². The first-order valence-electron chi connectivity index (χ1n) is 7.25. The van der Waals surface area contributed by atoms with Crippen LogP contribution in [0, 0.1) is 18.6 Å². The number of benzene rings is 2. The van der Waals surface area contributed by atoms with Crippen molar-refractivity contribution in [3.05, 3.63) is 51.5 Å². The summed E-state index contributed by atoms with van der Waals surface area (Å²) in [7, 11) is 0. The van der Waals surface area contributed by atoms with E-state index in [4.69, 9.17) is 54.3 Å². The van der Waals surface area contributed by atoms with Gasteiger partial charge in [0.1, 0.15) is 16.7 Å². The van der Waals surface area contributed by atoms with Gasteiger partial charge in [0.15, 0.2) is 5.75 Å². The molecule has 0 unspecified atom stereocenters. The summed E-state index contributed by atoms with van der Waals surface area (Å²) in [5.41, 5.74) is 12.0. The Morgan fingerprint density at radius 3 is 1.67 bits per heavy atom. The molecule has 0 fully saturated rings. The normalized spacial score (nSPS) is 7.52. The van der Waals surface area contributed by atoms with E-state index < -0.39 is 11.6 Å². The summed E-state index contributed by atoms with van der Waals surface area (Å²) in [4.78, 5) is 39.4. The Hall–Kier alpha value is 0.763. The van der Waals surface area contributed by atoms with Crippen molar-refractivity contribution in [2.45, 2.75) is 6.92 Å². The smallest absolute Gasteiger partial charge is 1.00 e. The van der Waals surface area contributed by atoms with Crippen LogP contribution in [0.5, 0.6) is 5.75 Å². The first-order valence-corrected chi connectivity index (χ1v) is 10.2. The zero-order chi connectivity index (χ0) is 25.0. The fourth-order valence-electron chi connectivity index (χ4n) is 1.38. The predicted octanol–water partition coefficient (Wildman–Crippen LogP) is -3.01. The van der Waals surface area contributed by atoms with E-state index in [-0.39, 0.29) is 145 Å². The van der Waals surface area contributed by atoms with Gasteiger partial charge in [-0.1, -0.05) is 45.8 Å². The molecule has 0 aliphatic carbocycles. The molecule has 16 heteroatoms. The van der Waals surface area contributed by atoms with Gasteiger partial charge in [-0.2, -0.15) is 9.59 Å². The van der Waals surface area contributed by atoms with E-state index in [1.165, 1.54) is 18.2 Å². The third-order valence-corrected chi connectivity index (χ3v) is 3.48. The third-order valence-electron chi connectivity index (χ3n) is 2.67. The second-order valence-corrected chi connectivity index (χ2v) is 5.10. The molecule has 0 aromatic heterocycles. The Morgan fingerprint density at radius 1 is 0.970 bits per heavy atom. The topological polar surface area (TPSA) is 162 Å². The second-order valence-electron chi connectivity index (χ2n) is 4.35. The molecule has 0 bridgehead atoms. The van der Waals surface area contributed by atoms with Crippen molar-refractivity contribution >= 4 is 76.3 Å². The largest absolute Gasteiger partial charge is 1.00 e. The van der Waals surface area contributed by atoms with Gasteiger partial charge < -0.3 is 27.8 Å². The quantitative estimate of drug-likeness (QED) is 0.0657. The number of hydrogen-bond acceptors (Lipinski definition) is 9. The van der Waals surface area contributed by atoms with Crippen LogP contribution in [0.3, 0.4) is 0 Å². The number of nitrogens with two attached hydrogens (primary N) is 2. The zero-order valence-corrected chi connectivity index (χ0v) is 27.8. The van der Waals surface area contributed by atoms with Crippen molar-refractivity contribution in [2.75, 3.05) is 16.4 Å². The van der Waals surface area contributed by atoms with Crippen LogP contribution < -0.4 is 124 Å². The van der Waals surface area contributed by atoms with Crippen LogP contribution in [-0.4, -0.2) is 24.0 Å². The number of nitrogen functional groups attached to an aromatic ring is 2. The minimum absolute atomic E-state index is 0. The molecule has 2 aromatic rings. The molecule has 2 aromatic carbocycles. The number of carbonyl (C=O) groups is 2. The summed E-state index contributed by atoms with van der Waals surface area (Å²) >= 11 is 13.1. The van der Waals surface area contributed by atoms with Crippen molar-refractivity contribution in [2.24, 2.45) is 0 Å². The van der Waals surface area contributed by atoms with E-state index in [1.54, 1.807) is 6.92 Å². The molecule has 33 heavy (non-hydrogen) atoms. The van der Waals surface area contributed by atoms with Gasteiger partial charge in [-0.05, 0) is 41.7 Å². The van der Waals surface area contributed by atoms with E-state index in [9.17, 15) is 13.6 Å². The van der Waals surface area contributed by atoms with Crippen LogP contribution in [0.4, 0.5) is 20.2 Å². The van der Waals surface area contributed by atoms with E-state index >= 15 is 0 Å². The molecule has 174 valence electrons. The molecule has 4 N–H and O–H groups in total. The first kappa shape index (κ1) is 43.8. The standard InChI is InChI=1S/C7H5ClFNO2.C7H7ClFN.CH3I.CH2O3.CO2.2K.H/c8-6-4(9)1-2-5(10)7(6)12-3-11;1-4-6(10)3-2-5(9)7(4)8;1-2;2-1-4-3;2-1-3;;;/h1-3H,10H2;2-3H,10H2,1H3;1H3;1,3H;;;;/q;;;;;2*+1;-1/p-1. The van der Waals surface area contributed by atoms with Crippen LogP contribution in [0.25, 0.3) is 0 Å². The number of alkyl halides is 1. The van der Waals surface area contributed by atoms with E-state index in [0.29, 0.717) is 11.3 Å². The van der Waals surface area contributed by atoms with Crippen LogP contribution in [0.1, 0.15) is 6.99 Å². The van der Waals surface area contributed by atoms with Gasteiger partial charge >= 0.3 is 109 Å². The van der Waals surface area contributed by atoms with Crippen molar-refractivity contribution in [3.63, 3.8) is 0 Å². The van der Waals surface area contributed by atoms with E-state index in [2.05, 4.69) is 32.2 Å². The summed E-state index contributed by atoms with van der Waals surface area (Å²) in [6.45, 7) is 1.64. The average Bonchev–Trinajstić information content (AvgIpc) is 2.78. The van der Waals surface area contributed by atoms with Crippen molar-refractivity contribution in [3.8, 4) is 5.75 Å². The van der Waals surface area contributed by atoms with Crippen molar-refractivity contribution in [1.29, 1.82) is 0 Å². The van der Waals surface area contributed by atoms with Crippen molar-refractivity contribution in [1.82, 2.24) is 0 Å². The number of halogens is 5. The Bertz CT molecular complexity index is 846. The maximum atomic E-state index is 12.7. The van der Waals surface area contributed by atoms with Crippen LogP contribution >= 0.6 is 45.8 Å². The number of carbonyl (C=O) groups excluding carboxylic acids is 4. The molecule has 0 aliphatic heterocycles. The Labute approximate surface area is 298 Å². The maximum absolute atomic E-state index is 12.7. The minimum atomic E-state index is -0.678. The molecule has 0 heterocycles. The molecule has 0 radical (unpaired) electrons. The minimum Gasteiger partial charge on any atom is -1.00 e. The summed E-state index contributed by atoms with van der Waals surface area (Å²) in [5.74, 6) is -1.25. The van der Waals surface area contributed by atoms with Gasteiger partial charge in [0.05, 0.1) is 10.7 Å².